The number of nitrogens with one attached hydrogen (secondary N) is 1. The minimum absolute atomic E-state index is 0.00365. The highest BCUT2D eigenvalue weighted by atomic mass is 19.4. The van der Waals surface area contributed by atoms with Crippen molar-refractivity contribution in [2.75, 3.05) is 13.1 Å². The molecule has 1 atom stereocenters. The van der Waals surface area contributed by atoms with E-state index in [1.807, 2.05) is 26.1 Å². The van der Waals surface area contributed by atoms with Crippen LogP contribution < -0.4 is 11.1 Å². The van der Waals surface area contributed by atoms with Gasteiger partial charge < -0.3 is 11.1 Å². The van der Waals surface area contributed by atoms with Crippen molar-refractivity contribution in [3.63, 3.8) is 0 Å². The van der Waals surface area contributed by atoms with E-state index in [1.165, 1.54) is 0 Å². The number of rotatable bonds is 6. The second-order valence-corrected chi connectivity index (χ2v) is 5.57. The van der Waals surface area contributed by atoms with Crippen molar-refractivity contribution < 1.29 is 18.0 Å². The van der Waals surface area contributed by atoms with E-state index in [4.69, 9.17) is 5.73 Å². The molecular weight excluding hydrogens is 245 g/mol. The van der Waals surface area contributed by atoms with Crippen molar-refractivity contribution in [3.05, 3.63) is 0 Å². The molecule has 0 aliphatic heterocycles. The predicted molar refractivity (Wildman–Crippen MR) is 64.9 cm³/mol. The van der Waals surface area contributed by atoms with Crippen LogP contribution in [0.4, 0.5) is 13.2 Å². The van der Waals surface area contributed by atoms with Crippen molar-refractivity contribution in [1.82, 2.24) is 5.32 Å². The third-order valence-corrected chi connectivity index (χ3v) is 2.95. The van der Waals surface area contributed by atoms with Gasteiger partial charge in [-0.05, 0) is 30.7 Å². The zero-order valence-corrected chi connectivity index (χ0v) is 11.2. The van der Waals surface area contributed by atoms with Gasteiger partial charge in [0.1, 0.15) is 6.54 Å². The van der Waals surface area contributed by atoms with E-state index >= 15 is 0 Å². The highest BCUT2D eigenvalue weighted by molar-refractivity contribution is 5.75. The number of nitrogens with two attached hydrogens (primary N) is 1. The zero-order valence-electron chi connectivity index (χ0n) is 11.2. The molecule has 0 aliphatic rings. The molecule has 0 aromatic rings. The first-order valence-electron chi connectivity index (χ1n) is 6.10. The average molecular weight is 268 g/mol. The monoisotopic (exact) mass is 268 g/mol. The Morgan fingerprint density at radius 1 is 1.22 bits per heavy atom. The Labute approximate surface area is 106 Å². The third-order valence-electron chi connectivity index (χ3n) is 2.95. The van der Waals surface area contributed by atoms with E-state index in [0.29, 0.717) is 13.0 Å². The summed E-state index contributed by atoms with van der Waals surface area (Å²) in [6, 6.07) is 0. The lowest BCUT2D eigenvalue weighted by molar-refractivity contribution is -0.138. The highest BCUT2D eigenvalue weighted by Crippen LogP contribution is 2.32. The van der Waals surface area contributed by atoms with E-state index in [0.717, 1.165) is 6.42 Å². The number of hydrogen-bond acceptors (Lipinski definition) is 2. The van der Waals surface area contributed by atoms with Crippen molar-refractivity contribution in [2.24, 2.45) is 17.1 Å². The fraction of sp³-hybridized carbons (Fsp3) is 0.917. The fourth-order valence-corrected chi connectivity index (χ4v) is 1.80. The maximum absolute atomic E-state index is 11.9. The van der Waals surface area contributed by atoms with Gasteiger partial charge in [0.15, 0.2) is 0 Å². The lowest BCUT2D eigenvalue weighted by atomic mass is 9.76. The summed E-state index contributed by atoms with van der Waals surface area (Å²) in [5, 5.41) is 1.88. The Morgan fingerprint density at radius 2 is 1.78 bits per heavy atom. The molecule has 3 N–H and O–H groups in total. The van der Waals surface area contributed by atoms with Gasteiger partial charge in [0.2, 0.25) is 5.91 Å². The Morgan fingerprint density at radius 3 is 2.17 bits per heavy atom. The second kappa shape index (κ2) is 6.97. The molecule has 0 rings (SSSR count). The van der Waals surface area contributed by atoms with Crippen LogP contribution in [-0.4, -0.2) is 25.2 Å². The number of amides is 1. The van der Waals surface area contributed by atoms with Crippen LogP contribution in [0.2, 0.25) is 0 Å². The van der Waals surface area contributed by atoms with E-state index in [2.05, 4.69) is 0 Å². The zero-order chi connectivity index (χ0) is 14.4. The highest BCUT2D eigenvalue weighted by Gasteiger charge is 2.28. The number of alkyl halides is 3. The molecule has 3 nitrogen and oxygen atoms in total. The summed E-state index contributed by atoms with van der Waals surface area (Å²) in [4.78, 5) is 11.3. The summed E-state index contributed by atoms with van der Waals surface area (Å²) < 4.78 is 35.7. The molecule has 0 spiro atoms. The second-order valence-electron chi connectivity index (χ2n) is 5.57. The number of carbonyl (C=O) groups is 1. The summed E-state index contributed by atoms with van der Waals surface area (Å²) in [5.74, 6) is -0.322. The summed E-state index contributed by atoms with van der Waals surface area (Å²) in [6.45, 7) is 5.39. The molecule has 0 radical (unpaired) electrons. The third kappa shape index (κ3) is 8.33. The topological polar surface area (TPSA) is 55.1 Å². The molecule has 0 saturated heterocycles. The van der Waals surface area contributed by atoms with Gasteiger partial charge in [-0.2, -0.15) is 13.2 Å². The SMILES string of the molecule is CC(C)(C)C(CCN)CCC(=O)NCC(F)(F)F. The van der Waals surface area contributed by atoms with E-state index in [-0.39, 0.29) is 17.8 Å². The van der Waals surface area contributed by atoms with E-state index in [9.17, 15) is 18.0 Å². The van der Waals surface area contributed by atoms with Gasteiger partial charge in [-0.25, -0.2) is 0 Å². The number of hydrogen-bond donors (Lipinski definition) is 2. The molecule has 0 aromatic carbocycles. The predicted octanol–water partition coefficient (Wildman–Crippen LogP) is 2.46. The van der Waals surface area contributed by atoms with Crippen LogP contribution in [0.5, 0.6) is 0 Å². The van der Waals surface area contributed by atoms with Crippen molar-refractivity contribution >= 4 is 5.91 Å². The van der Waals surface area contributed by atoms with Gasteiger partial charge in [0.25, 0.3) is 0 Å². The molecule has 108 valence electrons. The number of halogens is 3. The van der Waals surface area contributed by atoms with Crippen molar-refractivity contribution in [2.45, 2.75) is 46.2 Å². The average Bonchev–Trinajstić information content (AvgIpc) is 2.18. The minimum atomic E-state index is -4.35. The minimum Gasteiger partial charge on any atom is -0.347 e. The van der Waals surface area contributed by atoms with Gasteiger partial charge in [-0.15, -0.1) is 0 Å². The standard InChI is InChI=1S/C12H23F3N2O/c1-11(2,3)9(6-7-16)4-5-10(18)17-8-12(13,14)15/h9H,4-8,16H2,1-3H3,(H,17,18). The van der Waals surface area contributed by atoms with Gasteiger partial charge in [0.05, 0.1) is 0 Å². The van der Waals surface area contributed by atoms with Crippen LogP contribution in [-0.2, 0) is 4.79 Å². The summed E-state index contributed by atoms with van der Waals surface area (Å²) in [5.41, 5.74) is 5.50. The molecule has 1 unspecified atom stereocenters. The molecule has 0 aliphatic carbocycles. The van der Waals surface area contributed by atoms with E-state index in [1.54, 1.807) is 0 Å². The van der Waals surface area contributed by atoms with Crippen molar-refractivity contribution in [3.8, 4) is 0 Å². The van der Waals surface area contributed by atoms with Gasteiger partial charge >= 0.3 is 6.18 Å². The summed E-state index contributed by atoms with van der Waals surface area (Å²) in [6.07, 6.45) is -2.91. The summed E-state index contributed by atoms with van der Waals surface area (Å²) in [7, 11) is 0. The maximum Gasteiger partial charge on any atom is 0.405 e. The number of carbonyl (C=O) groups excluding carboxylic acids is 1. The smallest absolute Gasteiger partial charge is 0.347 e. The molecule has 0 saturated carbocycles. The first-order chi connectivity index (χ1) is 8.06. The van der Waals surface area contributed by atoms with Crippen LogP contribution in [0.1, 0.15) is 40.0 Å². The first-order valence-corrected chi connectivity index (χ1v) is 6.10. The van der Waals surface area contributed by atoms with Crippen LogP contribution >= 0.6 is 0 Å². The normalized spacial score (nSPS) is 14.4. The molecule has 6 heteroatoms. The first kappa shape index (κ1) is 17.2. The Balaban J connectivity index is 4.08. The van der Waals surface area contributed by atoms with Crippen LogP contribution in [0, 0.1) is 11.3 Å². The van der Waals surface area contributed by atoms with Gasteiger partial charge in [-0.1, -0.05) is 20.8 Å². The quantitative estimate of drug-likeness (QED) is 0.777. The summed E-state index contributed by atoms with van der Waals surface area (Å²) >= 11 is 0. The largest absolute Gasteiger partial charge is 0.405 e. The lowest BCUT2D eigenvalue weighted by Crippen LogP contribution is -2.34. The lowest BCUT2D eigenvalue weighted by Gasteiger charge is -2.30. The Kier molecular flexibility index (Phi) is 6.67. The van der Waals surface area contributed by atoms with Gasteiger partial charge in [0, 0.05) is 6.42 Å². The molecule has 0 aromatic heterocycles. The molecule has 18 heavy (non-hydrogen) atoms. The molecule has 0 fully saturated rings. The van der Waals surface area contributed by atoms with Crippen LogP contribution in [0.3, 0.4) is 0 Å². The van der Waals surface area contributed by atoms with Crippen LogP contribution in [0.15, 0.2) is 0 Å². The maximum atomic E-state index is 11.9. The van der Waals surface area contributed by atoms with Gasteiger partial charge in [-0.3, -0.25) is 4.79 Å². The fourth-order valence-electron chi connectivity index (χ4n) is 1.80. The molecule has 1 amide bonds. The Hall–Kier alpha value is -0.780. The van der Waals surface area contributed by atoms with Crippen LogP contribution in [0.25, 0.3) is 0 Å². The molecular formula is C12H23F3N2O. The molecule has 0 heterocycles. The van der Waals surface area contributed by atoms with E-state index < -0.39 is 18.6 Å². The van der Waals surface area contributed by atoms with Crippen molar-refractivity contribution in [1.29, 1.82) is 0 Å². The Bertz CT molecular complexity index is 259. The molecule has 0 bridgehead atoms.